The van der Waals surface area contributed by atoms with Gasteiger partial charge in [-0.15, -0.1) is 6.58 Å². The summed E-state index contributed by atoms with van der Waals surface area (Å²) in [5.41, 5.74) is 4.09. The Balaban J connectivity index is 1.42. The summed E-state index contributed by atoms with van der Waals surface area (Å²) in [4.78, 5) is 12.7. The second-order valence-electron chi connectivity index (χ2n) is 9.37. The van der Waals surface area contributed by atoms with Crippen molar-refractivity contribution in [1.29, 1.82) is 0 Å². The first-order valence-electron chi connectivity index (χ1n) is 12.9. The molecule has 38 heavy (non-hydrogen) atoms. The van der Waals surface area contributed by atoms with E-state index in [-0.39, 0.29) is 25.3 Å². The summed E-state index contributed by atoms with van der Waals surface area (Å²) in [5, 5.41) is 17.6. The van der Waals surface area contributed by atoms with Crippen molar-refractivity contribution < 1.29 is 24.1 Å². The van der Waals surface area contributed by atoms with Crippen LogP contribution in [0.5, 0.6) is 5.75 Å². The van der Waals surface area contributed by atoms with Crippen LogP contribution < -0.4 is 15.4 Å². The lowest BCUT2D eigenvalue weighted by atomic mass is 10.0. The van der Waals surface area contributed by atoms with Gasteiger partial charge in [0.15, 0.2) is 0 Å². The molecule has 0 bridgehead atoms. The van der Waals surface area contributed by atoms with E-state index >= 15 is 0 Å². The van der Waals surface area contributed by atoms with Gasteiger partial charge in [0.05, 0.1) is 32.0 Å². The highest BCUT2D eigenvalue weighted by atomic mass is 16.5. The molecule has 0 saturated heterocycles. The first kappa shape index (κ1) is 27.4. The minimum Gasteiger partial charge on any atom is -0.497 e. The molecule has 0 fully saturated rings. The number of ether oxygens (including phenoxy) is 3. The number of amides is 1. The lowest BCUT2D eigenvalue weighted by Crippen LogP contribution is -2.49. The van der Waals surface area contributed by atoms with E-state index < -0.39 is 18.2 Å². The molecule has 0 saturated carbocycles. The maximum absolute atomic E-state index is 12.7. The topological polar surface area (TPSA) is 89.1 Å². The number of rotatable bonds is 13. The number of alkyl carbamates (subject to hydrolysis) is 1. The van der Waals surface area contributed by atoms with Crippen LogP contribution in [0.25, 0.3) is 0 Å². The van der Waals surface area contributed by atoms with Crippen molar-refractivity contribution in [3.63, 3.8) is 0 Å². The SMILES string of the molecule is C=CCO[C@H]1C[C@@H](NCC(O)[C@H](Cc2ccccc2)NC(=O)OCc2ccccc2)c2cc(OC)ccc21. The fraction of sp³-hybridized carbons (Fsp3) is 0.323. The minimum atomic E-state index is -0.860. The second kappa shape index (κ2) is 13.8. The molecule has 1 aliphatic rings. The Kier molecular flexibility index (Phi) is 9.92. The van der Waals surface area contributed by atoms with Gasteiger partial charge in [0.2, 0.25) is 0 Å². The van der Waals surface area contributed by atoms with E-state index in [2.05, 4.69) is 17.2 Å². The van der Waals surface area contributed by atoms with Gasteiger partial charge in [-0.3, -0.25) is 0 Å². The third-order valence-corrected chi connectivity index (χ3v) is 6.73. The predicted molar refractivity (Wildman–Crippen MR) is 147 cm³/mol. The Morgan fingerprint density at radius 1 is 1.05 bits per heavy atom. The summed E-state index contributed by atoms with van der Waals surface area (Å²) in [7, 11) is 1.64. The van der Waals surface area contributed by atoms with Crippen LogP contribution in [0.15, 0.2) is 91.5 Å². The Morgan fingerprint density at radius 2 is 1.76 bits per heavy atom. The summed E-state index contributed by atoms with van der Waals surface area (Å²) in [6, 6.07) is 24.7. The first-order chi connectivity index (χ1) is 18.6. The van der Waals surface area contributed by atoms with E-state index in [1.54, 1.807) is 13.2 Å². The van der Waals surface area contributed by atoms with E-state index in [9.17, 15) is 9.90 Å². The molecule has 0 heterocycles. The zero-order valence-electron chi connectivity index (χ0n) is 21.7. The van der Waals surface area contributed by atoms with Crippen LogP contribution in [0.2, 0.25) is 0 Å². The molecule has 0 radical (unpaired) electrons. The van der Waals surface area contributed by atoms with Crippen molar-refractivity contribution >= 4 is 6.09 Å². The van der Waals surface area contributed by atoms with Crippen LogP contribution in [0, 0.1) is 0 Å². The summed E-state index contributed by atoms with van der Waals surface area (Å²) >= 11 is 0. The van der Waals surface area contributed by atoms with E-state index in [0.717, 1.165) is 34.4 Å². The van der Waals surface area contributed by atoms with Crippen molar-refractivity contribution in [3.8, 4) is 5.75 Å². The van der Waals surface area contributed by atoms with E-state index in [1.807, 2.05) is 78.9 Å². The van der Waals surface area contributed by atoms with Crippen LogP contribution in [0.3, 0.4) is 0 Å². The second-order valence-corrected chi connectivity index (χ2v) is 9.37. The lowest BCUT2D eigenvalue weighted by Gasteiger charge is -2.26. The number of aliphatic hydroxyl groups is 1. The molecule has 3 aromatic rings. The van der Waals surface area contributed by atoms with Crippen molar-refractivity contribution in [1.82, 2.24) is 10.6 Å². The maximum Gasteiger partial charge on any atom is 0.407 e. The molecule has 3 aromatic carbocycles. The van der Waals surface area contributed by atoms with Crippen molar-refractivity contribution in [3.05, 3.63) is 114 Å². The molecule has 7 heteroatoms. The number of aliphatic hydroxyl groups excluding tert-OH is 1. The number of hydrogen-bond donors (Lipinski definition) is 3. The number of fused-ring (bicyclic) bond motifs is 1. The van der Waals surface area contributed by atoms with Gasteiger partial charge in [-0.2, -0.15) is 0 Å². The normalized spacial score (nSPS) is 17.7. The summed E-state index contributed by atoms with van der Waals surface area (Å²) in [6.07, 6.45) is 1.42. The molecule has 0 aliphatic heterocycles. The molecular formula is C31H36N2O5. The smallest absolute Gasteiger partial charge is 0.407 e. The molecule has 4 atom stereocenters. The fourth-order valence-corrected chi connectivity index (χ4v) is 4.75. The minimum absolute atomic E-state index is 0.0352. The summed E-state index contributed by atoms with van der Waals surface area (Å²) in [6.45, 7) is 4.64. The van der Waals surface area contributed by atoms with Gasteiger partial charge in [0, 0.05) is 12.6 Å². The number of carbonyl (C=O) groups excluding carboxylic acids is 1. The number of carbonyl (C=O) groups is 1. The van der Waals surface area contributed by atoms with Crippen LogP contribution in [0.4, 0.5) is 4.79 Å². The average Bonchev–Trinajstić information content (AvgIpc) is 3.31. The number of benzene rings is 3. The van der Waals surface area contributed by atoms with Gasteiger partial charge >= 0.3 is 6.09 Å². The molecule has 4 rings (SSSR count). The molecule has 1 amide bonds. The van der Waals surface area contributed by atoms with Crippen LogP contribution in [-0.4, -0.2) is 43.6 Å². The average molecular weight is 517 g/mol. The van der Waals surface area contributed by atoms with Crippen LogP contribution >= 0.6 is 0 Å². The third-order valence-electron chi connectivity index (χ3n) is 6.73. The van der Waals surface area contributed by atoms with Gasteiger partial charge < -0.3 is 30.0 Å². The number of hydrogen-bond acceptors (Lipinski definition) is 6. The largest absolute Gasteiger partial charge is 0.497 e. The standard InChI is InChI=1S/C31H36N2O5/c1-3-16-37-30-19-27(26-18-24(36-2)14-15-25(26)30)32-20-29(34)28(17-22-10-6-4-7-11-22)33-31(35)38-21-23-12-8-5-9-13-23/h3-15,18,27-30,32,34H,1,16-17,19-21H2,2H3,(H,33,35)/t27-,28+,29?,30+/m1/s1. The van der Waals surface area contributed by atoms with E-state index in [0.29, 0.717) is 13.0 Å². The zero-order valence-corrected chi connectivity index (χ0v) is 21.7. The van der Waals surface area contributed by atoms with Crippen molar-refractivity contribution in [2.24, 2.45) is 0 Å². The van der Waals surface area contributed by atoms with E-state index in [1.165, 1.54) is 0 Å². The van der Waals surface area contributed by atoms with Crippen molar-refractivity contribution in [2.75, 3.05) is 20.3 Å². The molecule has 200 valence electrons. The summed E-state index contributed by atoms with van der Waals surface area (Å²) < 4.78 is 16.9. The molecule has 1 aliphatic carbocycles. The van der Waals surface area contributed by atoms with Gasteiger partial charge in [0.1, 0.15) is 12.4 Å². The van der Waals surface area contributed by atoms with Gasteiger partial charge in [-0.25, -0.2) is 4.79 Å². The van der Waals surface area contributed by atoms with Crippen molar-refractivity contribution in [2.45, 2.75) is 43.7 Å². The predicted octanol–water partition coefficient (Wildman–Crippen LogP) is 4.87. The highest BCUT2D eigenvalue weighted by Gasteiger charge is 2.33. The Morgan fingerprint density at radius 3 is 2.45 bits per heavy atom. The fourth-order valence-electron chi connectivity index (χ4n) is 4.75. The monoisotopic (exact) mass is 516 g/mol. The van der Waals surface area contributed by atoms with Gasteiger partial charge in [0.25, 0.3) is 0 Å². The van der Waals surface area contributed by atoms with E-state index in [4.69, 9.17) is 14.2 Å². The summed E-state index contributed by atoms with van der Waals surface area (Å²) in [5.74, 6) is 0.769. The molecule has 0 aromatic heterocycles. The lowest BCUT2D eigenvalue weighted by molar-refractivity contribution is 0.0667. The van der Waals surface area contributed by atoms with Gasteiger partial charge in [-0.05, 0) is 47.2 Å². The Bertz CT molecular complexity index is 1170. The molecule has 1 unspecified atom stereocenters. The molecule has 3 N–H and O–H groups in total. The first-order valence-corrected chi connectivity index (χ1v) is 12.9. The quantitative estimate of drug-likeness (QED) is 0.281. The maximum atomic E-state index is 12.7. The number of methoxy groups -OCH3 is 1. The molecule has 0 spiro atoms. The molecule has 7 nitrogen and oxygen atoms in total. The Hall–Kier alpha value is -3.65. The third kappa shape index (κ3) is 7.44. The highest BCUT2D eigenvalue weighted by Crippen LogP contribution is 2.42. The number of nitrogens with one attached hydrogen (secondary N) is 2. The van der Waals surface area contributed by atoms with Crippen LogP contribution in [0.1, 0.15) is 40.8 Å². The Labute approximate surface area is 224 Å². The van der Waals surface area contributed by atoms with Crippen LogP contribution in [-0.2, 0) is 22.5 Å². The zero-order chi connectivity index (χ0) is 26.7. The van der Waals surface area contributed by atoms with Gasteiger partial charge in [-0.1, -0.05) is 72.8 Å². The molecular weight excluding hydrogens is 480 g/mol. The highest BCUT2D eigenvalue weighted by molar-refractivity contribution is 5.67.